The monoisotopic (exact) mass is 280 g/mol. The number of rotatable bonds is 3. The maximum Gasteiger partial charge on any atom is 0.131 e. The molecular weight excluding hydrogens is 260 g/mol. The molecule has 1 saturated carbocycles. The fraction of sp³-hybridized carbons (Fsp3) is 0.471. The molecule has 108 valence electrons. The third kappa shape index (κ3) is 2.68. The number of hydrogen-bond acceptors (Lipinski definition) is 4. The Bertz CT molecular complexity index is 664. The summed E-state index contributed by atoms with van der Waals surface area (Å²) >= 11 is 0. The van der Waals surface area contributed by atoms with Crippen LogP contribution in [-0.4, -0.2) is 26.4 Å². The molecule has 0 N–H and O–H groups in total. The maximum absolute atomic E-state index is 4.78. The molecule has 3 heterocycles. The second-order valence-electron chi connectivity index (χ2n) is 6.24. The van der Waals surface area contributed by atoms with Crippen LogP contribution in [0.4, 0.5) is 0 Å². The predicted molar refractivity (Wildman–Crippen MR) is 80.8 cm³/mol. The van der Waals surface area contributed by atoms with Gasteiger partial charge in [-0.05, 0) is 37.0 Å². The van der Waals surface area contributed by atoms with Crippen molar-refractivity contribution in [2.24, 2.45) is 0 Å². The van der Waals surface area contributed by atoms with Gasteiger partial charge in [0.05, 0.1) is 0 Å². The number of hydrogen-bond donors (Lipinski definition) is 0. The smallest absolute Gasteiger partial charge is 0.131 e. The molecule has 2 aliphatic rings. The van der Waals surface area contributed by atoms with E-state index in [9.17, 15) is 0 Å². The van der Waals surface area contributed by atoms with Gasteiger partial charge in [0, 0.05) is 61.8 Å². The summed E-state index contributed by atoms with van der Waals surface area (Å²) in [4.78, 5) is 16.1. The molecule has 4 nitrogen and oxygen atoms in total. The first kappa shape index (κ1) is 12.9. The van der Waals surface area contributed by atoms with E-state index >= 15 is 0 Å². The van der Waals surface area contributed by atoms with Crippen molar-refractivity contribution in [2.75, 3.05) is 6.54 Å². The standard InChI is InChI=1S/C17H20N4/c1-12-4-6-18-8-14(12)10-21-7-5-16-15(11-21)9-19-17(20-16)13-2-3-13/h4,6,8-9,13H,2-3,5,7,10-11H2,1H3. The molecule has 0 spiro atoms. The zero-order valence-electron chi connectivity index (χ0n) is 12.4. The summed E-state index contributed by atoms with van der Waals surface area (Å²) in [5, 5.41) is 0. The Labute approximate surface area is 125 Å². The SMILES string of the molecule is Cc1ccncc1CN1CCc2nc(C3CC3)ncc2C1. The number of nitrogens with zero attached hydrogens (tertiary/aromatic N) is 4. The van der Waals surface area contributed by atoms with Crippen LogP contribution < -0.4 is 0 Å². The van der Waals surface area contributed by atoms with E-state index in [4.69, 9.17) is 4.98 Å². The minimum absolute atomic E-state index is 0.645. The second-order valence-corrected chi connectivity index (χ2v) is 6.24. The molecule has 0 radical (unpaired) electrons. The molecule has 0 atom stereocenters. The molecule has 2 aromatic rings. The minimum Gasteiger partial charge on any atom is -0.294 e. The van der Waals surface area contributed by atoms with Gasteiger partial charge in [0.15, 0.2) is 0 Å². The van der Waals surface area contributed by atoms with Crippen molar-refractivity contribution in [3.05, 3.63) is 52.9 Å². The molecule has 0 unspecified atom stereocenters. The zero-order chi connectivity index (χ0) is 14.2. The lowest BCUT2D eigenvalue weighted by Gasteiger charge is -2.28. The van der Waals surface area contributed by atoms with Crippen LogP contribution in [0, 0.1) is 6.92 Å². The van der Waals surface area contributed by atoms with Gasteiger partial charge in [0.25, 0.3) is 0 Å². The summed E-state index contributed by atoms with van der Waals surface area (Å²) in [6.45, 7) is 5.14. The van der Waals surface area contributed by atoms with Crippen molar-refractivity contribution < 1.29 is 0 Å². The molecular formula is C17H20N4. The van der Waals surface area contributed by atoms with Crippen molar-refractivity contribution in [1.82, 2.24) is 19.9 Å². The minimum atomic E-state index is 0.645. The lowest BCUT2D eigenvalue weighted by atomic mass is 10.1. The van der Waals surface area contributed by atoms with Gasteiger partial charge in [0.1, 0.15) is 5.82 Å². The van der Waals surface area contributed by atoms with Crippen LogP contribution in [0.25, 0.3) is 0 Å². The Balaban J connectivity index is 1.50. The van der Waals surface area contributed by atoms with E-state index in [0.717, 1.165) is 31.9 Å². The Kier molecular flexibility index (Phi) is 3.19. The van der Waals surface area contributed by atoms with Gasteiger partial charge in [-0.25, -0.2) is 9.97 Å². The Hall–Kier alpha value is -1.81. The van der Waals surface area contributed by atoms with Gasteiger partial charge in [-0.15, -0.1) is 0 Å². The van der Waals surface area contributed by atoms with Crippen molar-refractivity contribution >= 4 is 0 Å². The topological polar surface area (TPSA) is 41.9 Å². The van der Waals surface area contributed by atoms with E-state index in [1.807, 2.05) is 12.4 Å². The largest absolute Gasteiger partial charge is 0.294 e. The maximum atomic E-state index is 4.78. The molecule has 4 rings (SSSR count). The van der Waals surface area contributed by atoms with Crippen LogP contribution >= 0.6 is 0 Å². The fourth-order valence-corrected chi connectivity index (χ4v) is 2.97. The van der Waals surface area contributed by atoms with Gasteiger partial charge in [0.2, 0.25) is 0 Å². The first-order valence-electron chi connectivity index (χ1n) is 7.76. The predicted octanol–water partition coefficient (Wildman–Crippen LogP) is 2.62. The molecule has 1 fully saturated rings. The van der Waals surface area contributed by atoms with E-state index in [0.29, 0.717) is 5.92 Å². The Morgan fingerprint density at radius 1 is 1.29 bits per heavy atom. The van der Waals surface area contributed by atoms with E-state index in [1.54, 1.807) is 0 Å². The first-order valence-corrected chi connectivity index (χ1v) is 7.76. The van der Waals surface area contributed by atoms with E-state index in [2.05, 4.69) is 34.1 Å². The summed E-state index contributed by atoms with van der Waals surface area (Å²) < 4.78 is 0. The summed E-state index contributed by atoms with van der Waals surface area (Å²) in [7, 11) is 0. The van der Waals surface area contributed by atoms with E-state index in [-0.39, 0.29) is 0 Å². The third-order valence-electron chi connectivity index (χ3n) is 4.52. The van der Waals surface area contributed by atoms with Crippen molar-refractivity contribution in [3.8, 4) is 0 Å². The fourth-order valence-electron chi connectivity index (χ4n) is 2.97. The van der Waals surface area contributed by atoms with Gasteiger partial charge in [-0.1, -0.05) is 0 Å². The highest BCUT2D eigenvalue weighted by Crippen LogP contribution is 2.38. The van der Waals surface area contributed by atoms with Crippen LogP contribution in [0.3, 0.4) is 0 Å². The Morgan fingerprint density at radius 2 is 2.19 bits per heavy atom. The summed E-state index contributed by atoms with van der Waals surface area (Å²) in [6, 6.07) is 2.08. The van der Waals surface area contributed by atoms with Crippen molar-refractivity contribution in [3.63, 3.8) is 0 Å². The molecule has 1 aliphatic heterocycles. The first-order chi connectivity index (χ1) is 10.3. The molecule has 0 amide bonds. The highest BCUT2D eigenvalue weighted by Gasteiger charge is 2.28. The quantitative estimate of drug-likeness (QED) is 0.866. The van der Waals surface area contributed by atoms with Gasteiger partial charge < -0.3 is 0 Å². The average Bonchev–Trinajstić information content (AvgIpc) is 3.34. The number of aryl methyl sites for hydroxylation is 1. The number of fused-ring (bicyclic) bond motifs is 1. The summed E-state index contributed by atoms with van der Waals surface area (Å²) in [5.41, 5.74) is 5.20. The Morgan fingerprint density at radius 3 is 3.00 bits per heavy atom. The molecule has 2 aromatic heterocycles. The van der Waals surface area contributed by atoms with Gasteiger partial charge >= 0.3 is 0 Å². The van der Waals surface area contributed by atoms with Crippen LogP contribution in [0.2, 0.25) is 0 Å². The van der Waals surface area contributed by atoms with Crippen LogP contribution in [0.5, 0.6) is 0 Å². The van der Waals surface area contributed by atoms with Gasteiger partial charge in [-0.2, -0.15) is 0 Å². The lowest BCUT2D eigenvalue weighted by Crippen LogP contribution is -2.31. The normalized spacial score (nSPS) is 18.5. The molecule has 1 aliphatic carbocycles. The number of pyridine rings is 1. The van der Waals surface area contributed by atoms with Crippen molar-refractivity contribution in [1.29, 1.82) is 0 Å². The van der Waals surface area contributed by atoms with Crippen LogP contribution in [0.1, 0.15) is 47.0 Å². The third-order valence-corrected chi connectivity index (χ3v) is 4.52. The highest BCUT2D eigenvalue weighted by atomic mass is 15.1. The molecule has 4 heteroatoms. The lowest BCUT2D eigenvalue weighted by molar-refractivity contribution is 0.242. The highest BCUT2D eigenvalue weighted by molar-refractivity contribution is 5.25. The summed E-state index contributed by atoms with van der Waals surface area (Å²) in [6.07, 6.45) is 9.47. The summed E-state index contributed by atoms with van der Waals surface area (Å²) in [5.74, 6) is 1.72. The van der Waals surface area contributed by atoms with E-state index < -0.39 is 0 Å². The molecule has 0 saturated heterocycles. The van der Waals surface area contributed by atoms with Crippen LogP contribution in [0.15, 0.2) is 24.7 Å². The van der Waals surface area contributed by atoms with Crippen molar-refractivity contribution in [2.45, 2.75) is 45.2 Å². The van der Waals surface area contributed by atoms with Gasteiger partial charge in [-0.3, -0.25) is 9.88 Å². The zero-order valence-corrected chi connectivity index (χ0v) is 12.4. The van der Waals surface area contributed by atoms with Crippen LogP contribution in [-0.2, 0) is 19.5 Å². The number of aromatic nitrogens is 3. The second kappa shape index (κ2) is 5.19. The molecule has 21 heavy (non-hydrogen) atoms. The average molecular weight is 280 g/mol. The van der Waals surface area contributed by atoms with E-state index in [1.165, 1.54) is 35.2 Å². The molecule has 0 aromatic carbocycles. The molecule has 0 bridgehead atoms.